The van der Waals surface area contributed by atoms with Gasteiger partial charge in [-0.3, -0.25) is 0 Å². The number of thiophene rings is 1. The molecule has 1 spiro atoms. The maximum atomic E-state index is 3.91. The van der Waals surface area contributed by atoms with Crippen LogP contribution in [0.1, 0.15) is 22.3 Å². The third-order valence-electron chi connectivity index (χ3n) is 7.56. The molecule has 5 aromatic carbocycles. The molecule has 0 aliphatic heterocycles. The summed E-state index contributed by atoms with van der Waals surface area (Å²) in [6, 6.07) is 38.3. The molecule has 1 unspecified atom stereocenters. The molecule has 2 aliphatic carbocycles. The first-order chi connectivity index (χ1) is 16.3. The van der Waals surface area contributed by atoms with Crippen LogP contribution in [-0.4, -0.2) is 0 Å². The van der Waals surface area contributed by atoms with Gasteiger partial charge in [0.15, 0.2) is 0 Å². The average Bonchev–Trinajstić information content (AvgIpc) is 3.48. The van der Waals surface area contributed by atoms with Crippen molar-refractivity contribution >= 4 is 47.4 Å². The van der Waals surface area contributed by atoms with Gasteiger partial charge in [-0.15, -0.1) is 11.3 Å². The van der Waals surface area contributed by atoms with E-state index in [-0.39, 0.29) is 5.41 Å². The van der Waals surface area contributed by atoms with Crippen LogP contribution in [0.5, 0.6) is 0 Å². The second-order valence-electron chi connectivity index (χ2n) is 8.97. The summed E-state index contributed by atoms with van der Waals surface area (Å²) in [4.78, 5) is 0. The number of benzene rings is 5. The van der Waals surface area contributed by atoms with Crippen LogP contribution in [-0.2, 0) is 5.41 Å². The largest absolute Gasteiger partial charge is 0.135 e. The zero-order valence-electron chi connectivity index (χ0n) is 17.6. The van der Waals surface area contributed by atoms with Gasteiger partial charge in [-0.2, -0.15) is 0 Å². The summed E-state index contributed by atoms with van der Waals surface area (Å²) in [5.41, 5.74) is 10.7. The molecule has 2 aliphatic rings. The molecule has 1 aromatic heterocycles. The van der Waals surface area contributed by atoms with Gasteiger partial charge in [-0.05, 0) is 51.1 Å². The van der Waals surface area contributed by atoms with Crippen molar-refractivity contribution in [2.24, 2.45) is 0 Å². The monoisotopic (exact) mass is 500 g/mol. The van der Waals surface area contributed by atoms with Crippen molar-refractivity contribution in [2.45, 2.75) is 5.41 Å². The predicted molar refractivity (Wildman–Crippen MR) is 143 cm³/mol. The average molecular weight is 501 g/mol. The Kier molecular flexibility index (Phi) is 3.44. The molecule has 33 heavy (non-hydrogen) atoms. The third-order valence-corrected chi connectivity index (χ3v) is 9.43. The molecule has 0 saturated carbocycles. The molecule has 0 fully saturated rings. The van der Waals surface area contributed by atoms with Crippen molar-refractivity contribution in [3.05, 3.63) is 130 Å². The van der Waals surface area contributed by atoms with Crippen LogP contribution in [0.4, 0.5) is 0 Å². The molecule has 0 N–H and O–H groups in total. The van der Waals surface area contributed by atoms with Crippen molar-refractivity contribution in [1.82, 2.24) is 0 Å². The van der Waals surface area contributed by atoms with Crippen LogP contribution in [0.25, 0.3) is 42.4 Å². The maximum absolute atomic E-state index is 3.91. The molecule has 0 amide bonds. The zero-order valence-corrected chi connectivity index (χ0v) is 20.0. The zero-order chi connectivity index (χ0) is 21.7. The number of fused-ring (bicyclic) bond motifs is 14. The highest BCUT2D eigenvalue weighted by molar-refractivity contribution is 9.10. The van der Waals surface area contributed by atoms with E-state index in [0.717, 1.165) is 0 Å². The van der Waals surface area contributed by atoms with Gasteiger partial charge in [0.1, 0.15) is 0 Å². The minimum atomic E-state index is -0.304. The first-order valence-electron chi connectivity index (χ1n) is 11.2. The van der Waals surface area contributed by atoms with Crippen molar-refractivity contribution < 1.29 is 0 Å². The molecule has 2 heteroatoms. The van der Waals surface area contributed by atoms with Crippen LogP contribution < -0.4 is 0 Å². The van der Waals surface area contributed by atoms with E-state index in [9.17, 15) is 0 Å². The van der Waals surface area contributed by atoms with Crippen molar-refractivity contribution in [1.29, 1.82) is 0 Å². The van der Waals surface area contributed by atoms with Crippen molar-refractivity contribution in [2.75, 3.05) is 0 Å². The van der Waals surface area contributed by atoms with E-state index in [1.54, 1.807) is 0 Å². The number of hydrogen-bond donors (Lipinski definition) is 0. The molecule has 6 aromatic rings. The molecular weight excluding hydrogens is 484 g/mol. The Balaban J connectivity index is 1.67. The quantitative estimate of drug-likeness (QED) is 0.194. The van der Waals surface area contributed by atoms with Crippen LogP contribution in [0.3, 0.4) is 0 Å². The molecular formula is C31H17BrS. The lowest BCUT2D eigenvalue weighted by Crippen LogP contribution is -2.25. The summed E-state index contributed by atoms with van der Waals surface area (Å²) in [6.07, 6.45) is 0. The van der Waals surface area contributed by atoms with Crippen LogP contribution in [0.15, 0.2) is 108 Å². The third kappa shape index (κ3) is 2.04. The first kappa shape index (κ1) is 18.3. The van der Waals surface area contributed by atoms with Crippen LogP contribution in [0, 0.1) is 0 Å². The Morgan fingerprint density at radius 2 is 1.24 bits per heavy atom. The minimum absolute atomic E-state index is 0.304. The van der Waals surface area contributed by atoms with E-state index >= 15 is 0 Å². The fourth-order valence-corrected chi connectivity index (χ4v) is 8.30. The van der Waals surface area contributed by atoms with Gasteiger partial charge < -0.3 is 0 Å². The lowest BCUT2D eigenvalue weighted by molar-refractivity contribution is 0.802. The van der Waals surface area contributed by atoms with E-state index in [1.807, 2.05) is 11.3 Å². The number of rotatable bonds is 0. The van der Waals surface area contributed by atoms with E-state index in [1.165, 1.54) is 69.2 Å². The highest BCUT2D eigenvalue weighted by Gasteiger charge is 2.53. The maximum Gasteiger partial charge on any atom is 0.0739 e. The van der Waals surface area contributed by atoms with Gasteiger partial charge in [-0.25, -0.2) is 0 Å². The molecule has 0 nitrogen and oxygen atoms in total. The first-order valence-corrected chi connectivity index (χ1v) is 12.8. The molecule has 1 heterocycles. The summed E-state index contributed by atoms with van der Waals surface area (Å²) in [6.45, 7) is 0. The minimum Gasteiger partial charge on any atom is -0.135 e. The van der Waals surface area contributed by atoms with Gasteiger partial charge in [0, 0.05) is 30.2 Å². The number of hydrogen-bond acceptors (Lipinski definition) is 1. The van der Waals surface area contributed by atoms with Crippen molar-refractivity contribution in [3.8, 4) is 22.3 Å². The van der Waals surface area contributed by atoms with Crippen LogP contribution in [0.2, 0.25) is 0 Å². The fourth-order valence-electron chi connectivity index (χ4n) is 6.41. The van der Waals surface area contributed by atoms with Gasteiger partial charge in [0.05, 0.1) is 5.41 Å². The molecule has 0 radical (unpaired) electrons. The molecule has 154 valence electrons. The summed E-state index contributed by atoms with van der Waals surface area (Å²) in [7, 11) is 0. The van der Waals surface area contributed by atoms with Crippen molar-refractivity contribution in [3.63, 3.8) is 0 Å². The lowest BCUT2D eigenvalue weighted by atomic mass is 9.70. The Morgan fingerprint density at radius 3 is 2.12 bits per heavy atom. The molecule has 1 atom stereocenters. The Labute approximate surface area is 204 Å². The summed E-state index contributed by atoms with van der Waals surface area (Å²) < 4.78 is 3.93. The van der Waals surface area contributed by atoms with Gasteiger partial charge in [0.25, 0.3) is 0 Å². The Morgan fingerprint density at radius 1 is 0.545 bits per heavy atom. The number of halogens is 1. The topological polar surface area (TPSA) is 0 Å². The molecule has 8 rings (SSSR count). The SMILES string of the molecule is Brc1cccc2c1-c1ccccc1C21c2ccccc2-c2ccc3c(sc4ccccc43)c21. The van der Waals surface area contributed by atoms with Gasteiger partial charge in [-0.1, -0.05) is 107 Å². The Hall–Kier alpha value is -3.20. The van der Waals surface area contributed by atoms with E-state index in [2.05, 4.69) is 119 Å². The molecule has 0 saturated heterocycles. The van der Waals surface area contributed by atoms with E-state index in [0.29, 0.717) is 0 Å². The normalized spacial score (nSPS) is 17.4. The molecule has 0 bridgehead atoms. The fraction of sp³-hybridized carbons (Fsp3) is 0.0323. The summed E-state index contributed by atoms with van der Waals surface area (Å²) in [5.74, 6) is 0. The Bertz CT molecular complexity index is 1790. The second kappa shape index (κ2) is 6.22. The lowest BCUT2D eigenvalue weighted by Gasteiger charge is -2.30. The summed E-state index contributed by atoms with van der Waals surface area (Å²) in [5, 5.41) is 2.72. The summed E-state index contributed by atoms with van der Waals surface area (Å²) >= 11 is 5.85. The smallest absolute Gasteiger partial charge is 0.0739 e. The second-order valence-corrected chi connectivity index (χ2v) is 10.9. The van der Waals surface area contributed by atoms with Crippen LogP contribution >= 0.6 is 27.3 Å². The highest BCUT2D eigenvalue weighted by atomic mass is 79.9. The predicted octanol–water partition coefficient (Wildman–Crippen LogP) is 9.16. The van der Waals surface area contributed by atoms with Gasteiger partial charge >= 0.3 is 0 Å². The standard InChI is InChI=1S/C31H17BrS/c32-26-14-7-13-25-28(26)22-10-2-5-12-24(22)31(25)23-11-4-1-8-18(23)20-16-17-21-19-9-3-6-15-27(19)33-30(21)29(20)31/h1-17H. The highest BCUT2D eigenvalue weighted by Crippen LogP contribution is 2.65. The van der Waals surface area contributed by atoms with E-state index < -0.39 is 0 Å². The van der Waals surface area contributed by atoms with Gasteiger partial charge in [0.2, 0.25) is 0 Å². The van der Waals surface area contributed by atoms with E-state index in [4.69, 9.17) is 0 Å².